The number of nitrogens with zero attached hydrogens (tertiary/aromatic N) is 1. The highest BCUT2D eigenvalue weighted by atomic mass is 32.2. The summed E-state index contributed by atoms with van der Waals surface area (Å²) in [5.74, 6) is 1.80. The van der Waals surface area contributed by atoms with Gasteiger partial charge in [0.25, 0.3) is 0 Å². The molecule has 0 amide bonds. The lowest BCUT2D eigenvalue weighted by Crippen LogP contribution is -2.25. The molecule has 0 aromatic rings. The summed E-state index contributed by atoms with van der Waals surface area (Å²) in [6, 6.07) is 0.422. The summed E-state index contributed by atoms with van der Waals surface area (Å²) < 4.78 is 0. The highest BCUT2D eigenvalue weighted by Gasteiger charge is 2.16. The van der Waals surface area contributed by atoms with Crippen LogP contribution in [0, 0.1) is 5.92 Å². The molecule has 3 heteroatoms. The number of thioether (sulfide) groups is 1. The van der Waals surface area contributed by atoms with Gasteiger partial charge in [-0.15, -0.1) is 0 Å². The van der Waals surface area contributed by atoms with E-state index in [4.69, 9.17) is 5.73 Å². The van der Waals surface area contributed by atoms with Gasteiger partial charge in [-0.05, 0) is 12.8 Å². The van der Waals surface area contributed by atoms with Crippen LogP contribution in [0.3, 0.4) is 0 Å². The van der Waals surface area contributed by atoms with Crippen molar-refractivity contribution in [2.75, 3.05) is 5.75 Å². The SMILES string of the molecule is C[C@@H]1N=C(N)SC[C@@H]1C. The third-order valence-corrected chi connectivity index (χ3v) is 2.74. The van der Waals surface area contributed by atoms with Crippen LogP contribution < -0.4 is 5.73 Å². The smallest absolute Gasteiger partial charge is 0.154 e. The molecule has 0 spiro atoms. The van der Waals surface area contributed by atoms with Crippen LogP contribution in [0.15, 0.2) is 4.99 Å². The van der Waals surface area contributed by atoms with E-state index in [9.17, 15) is 0 Å². The van der Waals surface area contributed by atoms with Crippen LogP contribution in [-0.4, -0.2) is 17.0 Å². The average Bonchev–Trinajstić information content (AvgIpc) is 1.80. The molecule has 0 aliphatic carbocycles. The van der Waals surface area contributed by atoms with Gasteiger partial charge in [-0.1, -0.05) is 18.7 Å². The molecule has 2 nitrogen and oxygen atoms in total. The molecule has 2 N–H and O–H groups in total. The van der Waals surface area contributed by atoms with Gasteiger partial charge in [0.1, 0.15) is 0 Å². The van der Waals surface area contributed by atoms with Crippen molar-refractivity contribution in [1.82, 2.24) is 0 Å². The van der Waals surface area contributed by atoms with Crippen molar-refractivity contribution in [3.8, 4) is 0 Å². The van der Waals surface area contributed by atoms with Crippen molar-refractivity contribution in [3.05, 3.63) is 0 Å². The van der Waals surface area contributed by atoms with E-state index in [1.165, 1.54) is 0 Å². The van der Waals surface area contributed by atoms with Gasteiger partial charge in [0.15, 0.2) is 5.17 Å². The first kappa shape index (κ1) is 6.93. The highest BCUT2D eigenvalue weighted by Crippen LogP contribution is 2.19. The molecule has 0 unspecified atom stereocenters. The van der Waals surface area contributed by atoms with Crippen LogP contribution in [-0.2, 0) is 0 Å². The fourth-order valence-corrected chi connectivity index (χ4v) is 1.67. The van der Waals surface area contributed by atoms with E-state index >= 15 is 0 Å². The Bertz CT molecular complexity index is 133. The minimum atomic E-state index is 0.422. The maximum absolute atomic E-state index is 5.50. The average molecular weight is 144 g/mol. The Morgan fingerprint density at radius 2 is 2.33 bits per heavy atom. The fraction of sp³-hybridized carbons (Fsp3) is 0.833. The zero-order chi connectivity index (χ0) is 6.85. The molecule has 0 aromatic heterocycles. The van der Waals surface area contributed by atoms with Crippen LogP contribution >= 0.6 is 11.8 Å². The van der Waals surface area contributed by atoms with E-state index in [1.54, 1.807) is 11.8 Å². The van der Waals surface area contributed by atoms with Crippen molar-refractivity contribution in [3.63, 3.8) is 0 Å². The van der Waals surface area contributed by atoms with Gasteiger partial charge < -0.3 is 5.73 Å². The standard InChI is InChI=1S/C6H12N2S/c1-4-3-9-6(7)8-5(4)2/h4-5H,3H2,1-2H3,(H2,7,8)/t4-,5-/m0/s1. The van der Waals surface area contributed by atoms with E-state index in [1.807, 2.05) is 0 Å². The lowest BCUT2D eigenvalue weighted by Gasteiger charge is -2.20. The Balaban J connectivity index is 2.58. The molecule has 0 fully saturated rings. The zero-order valence-electron chi connectivity index (χ0n) is 5.79. The van der Waals surface area contributed by atoms with Crippen LogP contribution in [0.2, 0.25) is 0 Å². The minimum absolute atomic E-state index is 0.422. The van der Waals surface area contributed by atoms with Crippen LogP contribution in [0.4, 0.5) is 0 Å². The molecule has 0 saturated heterocycles. The molecule has 2 atom stereocenters. The first-order valence-corrected chi connectivity index (χ1v) is 4.15. The van der Waals surface area contributed by atoms with Crippen molar-refractivity contribution in [2.24, 2.45) is 16.6 Å². The van der Waals surface area contributed by atoms with Crippen molar-refractivity contribution in [2.45, 2.75) is 19.9 Å². The second-order valence-electron chi connectivity index (χ2n) is 2.50. The molecular formula is C6H12N2S. The van der Waals surface area contributed by atoms with E-state index in [2.05, 4.69) is 18.8 Å². The van der Waals surface area contributed by atoms with Gasteiger partial charge in [-0.25, -0.2) is 0 Å². The van der Waals surface area contributed by atoms with Crippen LogP contribution in [0.1, 0.15) is 13.8 Å². The van der Waals surface area contributed by atoms with Crippen molar-refractivity contribution >= 4 is 16.9 Å². The van der Waals surface area contributed by atoms with Gasteiger partial charge >= 0.3 is 0 Å². The van der Waals surface area contributed by atoms with Crippen LogP contribution in [0.25, 0.3) is 0 Å². The molecule has 1 aliphatic rings. The number of rotatable bonds is 0. The van der Waals surface area contributed by atoms with E-state index in [0.717, 1.165) is 10.9 Å². The third kappa shape index (κ3) is 1.61. The molecule has 1 heterocycles. The van der Waals surface area contributed by atoms with Gasteiger partial charge in [0, 0.05) is 5.75 Å². The summed E-state index contributed by atoms with van der Waals surface area (Å²) in [6.45, 7) is 4.31. The summed E-state index contributed by atoms with van der Waals surface area (Å²) in [6.07, 6.45) is 0. The Kier molecular flexibility index (Phi) is 2.01. The molecule has 0 radical (unpaired) electrons. The van der Waals surface area contributed by atoms with Gasteiger partial charge in [-0.3, -0.25) is 4.99 Å². The summed E-state index contributed by atoms with van der Waals surface area (Å²) >= 11 is 1.66. The summed E-state index contributed by atoms with van der Waals surface area (Å²) in [4.78, 5) is 4.22. The molecule has 0 bridgehead atoms. The quantitative estimate of drug-likeness (QED) is 0.552. The summed E-state index contributed by atoms with van der Waals surface area (Å²) in [5.41, 5.74) is 5.50. The number of hydrogen-bond donors (Lipinski definition) is 1. The fourth-order valence-electron chi connectivity index (χ4n) is 0.721. The van der Waals surface area contributed by atoms with E-state index < -0.39 is 0 Å². The molecule has 52 valence electrons. The Labute approximate surface area is 59.9 Å². The first-order chi connectivity index (χ1) is 4.20. The topological polar surface area (TPSA) is 38.4 Å². The van der Waals surface area contributed by atoms with Gasteiger partial charge in [0.2, 0.25) is 0 Å². The molecule has 1 aliphatic heterocycles. The predicted octanol–water partition coefficient (Wildman–Crippen LogP) is 1.07. The maximum atomic E-state index is 5.50. The molecular weight excluding hydrogens is 132 g/mol. The number of amidine groups is 1. The molecule has 1 rings (SSSR count). The lowest BCUT2D eigenvalue weighted by molar-refractivity contribution is 0.536. The van der Waals surface area contributed by atoms with Crippen molar-refractivity contribution < 1.29 is 0 Å². The first-order valence-electron chi connectivity index (χ1n) is 3.16. The van der Waals surface area contributed by atoms with E-state index in [0.29, 0.717) is 12.0 Å². The van der Waals surface area contributed by atoms with Crippen molar-refractivity contribution in [1.29, 1.82) is 0 Å². The Morgan fingerprint density at radius 3 is 2.78 bits per heavy atom. The third-order valence-electron chi connectivity index (χ3n) is 1.65. The second kappa shape index (κ2) is 2.60. The number of aliphatic imine (C=N–C) groups is 1. The monoisotopic (exact) mass is 144 g/mol. The minimum Gasteiger partial charge on any atom is -0.379 e. The highest BCUT2D eigenvalue weighted by molar-refractivity contribution is 8.13. The molecule has 0 saturated carbocycles. The van der Waals surface area contributed by atoms with Crippen LogP contribution in [0.5, 0.6) is 0 Å². The molecule has 0 aromatic carbocycles. The van der Waals surface area contributed by atoms with Gasteiger partial charge in [-0.2, -0.15) is 0 Å². The largest absolute Gasteiger partial charge is 0.379 e. The second-order valence-corrected chi connectivity index (χ2v) is 3.54. The molecule has 9 heavy (non-hydrogen) atoms. The lowest BCUT2D eigenvalue weighted by atomic mass is 10.1. The number of nitrogens with two attached hydrogens (primary N) is 1. The zero-order valence-corrected chi connectivity index (χ0v) is 6.61. The maximum Gasteiger partial charge on any atom is 0.154 e. The number of hydrogen-bond acceptors (Lipinski definition) is 3. The predicted molar refractivity (Wildman–Crippen MR) is 42.7 cm³/mol. The van der Waals surface area contributed by atoms with E-state index in [-0.39, 0.29) is 0 Å². The van der Waals surface area contributed by atoms with Gasteiger partial charge in [0.05, 0.1) is 6.04 Å². The normalized spacial score (nSPS) is 36.0. The summed E-state index contributed by atoms with van der Waals surface area (Å²) in [7, 11) is 0. The Hall–Kier alpha value is -0.180. The Morgan fingerprint density at radius 1 is 1.67 bits per heavy atom. The summed E-state index contributed by atoms with van der Waals surface area (Å²) in [5, 5.41) is 0.751.